The molecule has 0 radical (unpaired) electrons. The summed E-state index contributed by atoms with van der Waals surface area (Å²) in [4.78, 5) is 4.63. The van der Waals surface area contributed by atoms with Crippen molar-refractivity contribution in [2.75, 3.05) is 5.32 Å². The summed E-state index contributed by atoms with van der Waals surface area (Å²) in [5.74, 6) is 0. The first-order chi connectivity index (χ1) is 9.13. The van der Waals surface area contributed by atoms with Crippen molar-refractivity contribution >= 4 is 48.3 Å². The molecule has 0 fully saturated rings. The molecule has 0 unspecified atom stereocenters. The summed E-state index contributed by atoms with van der Waals surface area (Å²) in [5.41, 5.74) is 4.55. The number of nitrogens with one attached hydrogen (secondary N) is 1. The molecule has 0 aliphatic carbocycles. The Morgan fingerprint density at radius 3 is 2.84 bits per heavy atom. The summed E-state index contributed by atoms with van der Waals surface area (Å²) in [6, 6.07) is 12.5. The minimum Gasteiger partial charge on any atom is -0.331 e. The summed E-state index contributed by atoms with van der Waals surface area (Å²) in [5, 5.41) is 4.31. The van der Waals surface area contributed by atoms with Gasteiger partial charge in [-0.3, -0.25) is 0 Å². The molecule has 2 nitrogen and oxygen atoms in total. The second kappa shape index (κ2) is 4.94. The number of fused-ring (bicyclic) bond motifs is 1. The molecular weight excluding hydrogens is 320 g/mol. The third-order valence-electron chi connectivity index (χ3n) is 2.98. The van der Waals surface area contributed by atoms with Gasteiger partial charge in [-0.25, -0.2) is 4.98 Å². The van der Waals surface area contributed by atoms with Crippen molar-refractivity contribution in [3.8, 4) is 0 Å². The number of rotatable bonds is 2. The zero-order valence-corrected chi connectivity index (χ0v) is 13.1. The summed E-state index contributed by atoms with van der Waals surface area (Å²) < 4.78 is 2.29. The second-order valence-electron chi connectivity index (χ2n) is 4.55. The van der Waals surface area contributed by atoms with E-state index in [1.165, 1.54) is 15.8 Å². The van der Waals surface area contributed by atoms with E-state index in [2.05, 4.69) is 70.4 Å². The number of benzene rings is 2. The molecule has 0 spiro atoms. The Bertz CT molecular complexity index is 749. The fourth-order valence-electron chi connectivity index (χ4n) is 1.95. The number of aryl methyl sites for hydroxylation is 2. The fraction of sp³-hybridized carbons (Fsp3) is 0.133. The Labute approximate surface area is 124 Å². The molecule has 19 heavy (non-hydrogen) atoms. The second-order valence-corrected chi connectivity index (χ2v) is 6.38. The molecule has 3 aromatic rings. The maximum atomic E-state index is 4.63. The zero-order valence-electron chi connectivity index (χ0n) is 10.7. The lowest BCUT2D eigenvalue weighted by Gasteiger charge is -2.07. The van der Waals surface area contributed by atoms with Crippen LogP contribution in [0.2, 0.25) is 0 Å². The van der Waals surface area contributed by atoms with Crippen LogP contribution in [0.1, 0.15) is 11.1 Å². The minimum absolute atomic E-state index is 0.923. The summed E-state index contributed by atoms with van der Waals surface area (Å²) in [6.45, 7) is 4.17. The van der Waals surface area contributed by atoms with Crippen LogP contribution in [0, 0.1) is 13.8 Å². The quantitative estimate of drug-likeness (QED) is 0.677. The van der Waals surface area contributed by atoms with Crippen LogP contribution in [0.4, 0.5) is 10.8 Å². The van der Waals surface area contributed by atoms with Gasteiger partial charge < -0.3 is 5.32 Å². The Morgan fingerprint density at radius 1 is 1.16 bits per heavy atom. The summed E-state index contributed by atoms with van der Waals surface area (Å²) in [7, 11) is 0. The van der Waals surface area contributed by atoms with Crippen molar-refractivity contribution in [2.24, 2.45) is 0 Å². The lowest BCUT2D eigenvalue weighted by atomic mass is 10.2. The van der Waals surface area contributed by atoms with E-state index in [1.807, 2.05) is 6.07 Å². The fourth-order valence-corrected chi connectivity index (χ4v) is 3.17. The minimum atomic E-state index is 0.923. The van der Waals surface area contributed by atoms with Crippen molar-refractivity contribution in [3.05, 3.63) is 52.0 Å². The van der Waals surface area contributed by atoms with E-state index < -0.39 is 0 Å². The van der Waals surface area contributed by atoms with Crippen LogP contribution in [0.15, 0.2) is 40.9 Å². The average Bonchev–Trinajstić information content (AvgIpc) is 2.76. The van der Waals surface area contributed by atoms with Gasteiger partial charge in [0.05, 0.1) is 15.9 Å². The van der Waals surface area contributed by atoms with E-state index in [4.69, 9.17) is 0 Å². The van der Waals surface area contributed by atoms with Gasteiger partial charge in [0.25, 0.3) is 0 Å². The van der Waals surface area contributed by atoms with E-state index in [0.29, 0.717) is 0 Å². The molecule has 2 aromatic carbocycles. The maximum Gasteiger partial charge on any atom is 0.188 e. The van der Waals surface area contributed by atoms with Crippen LogP contribution in [0.3, 0.4) is 0 Å². The van der Waals surface area contributed by atoms with Gasteiger partial charge in [-0.05, 0) is 59.1 Å². The Morgan fingerprint density at radius 2 is 2.00 bits per heavy atom. The van der Waals surface area contributed by atoms with Crippen molar-refractivity contribution in [1.82, 2.24) is 4.98 Å². The Hall–Kier alpha value is -1.39. The maximum absolute atomic E-state index is 4.63. The highest BCUT2D eigenvalue weighted by atomic mass is 79.9. The third-order valence-corrected chi connectivity index (χ3v) is 4.98. The third kappa shape index (κ3) is 2.51. The summed E-state index contributed by atoms with van der Waals surface area (Å²) in [6.07, 6.45) is 0. The predicted molar refractivity (Wildman–Crippen MR) is 86.5 cm³/mol. The van der Waals surface area contributed by atoms with Gasteiger partial charge in [0.15, 0.2) is 5.13 Å². The van der Waals surface area contributed by atoms with Crippen LogP contribution >= 0.6 is 27.3 Å². The molecule has 4 heteroatoms. The van der Waals surface area contributed by atoms with Gasteiger partial charge >= 0.3 is 0 Å². The number of hydrogen-bond donors (Lipinski definition) is 1. The predicted octanol–water partition coefficient (Wildman–Crippen LogP) is 5.42. The molecule has 1 N–H and O–H groups in total. The number of thiazole rings is 1. The van der Waals surface area contributed by atoms with E-state index in [9.17, 15) is 0 Å². The van der Waals surface area contributed by atoms with Gasteiger partial charge in [0, 0.05) is 4.47 Å². The van der Waals surface area contributed by atoms with E-state index in [-0.39, 0.29) is 0 Å². The average molecular weight is 333 g/mol. The lowest BCUT2D eigenvalue weighted by Crippen LogP contribution is -1.91. The number of aromatic nitrogens is 1. The molecule has 0 saturated carbocycles. The molecular formula is C15H13BrN2S. The van der Waals surface area contributed by atoms with Gasteiger partial charge in [0.2, 0.25) is 0 Å². The van der Waals surface area contributed by atoms with E-state index in [1.54, 1.807) is 11.3 Å². The van der Waals surface area contributed by atoms with Gasteiger partial charge in [0.1, 0.15) is 0 Å². The number of nitrogens with zero attached hydrogens (tertiary/aromatic N) is 1. The zero-order chi connectivity index (χ0) is 13.4. The smallest absolute Gasteiger partial charge is 0.188 e. The van der Waals surface area contributed by atoms with Crippen molar-refractivity contribution in [2.45, 2.75) is 13.8 Å². The Balaban J connectivity index is 1.99. The molecule has 0 aliphatic rings. The highest BCUT2D eigenvalue weighted by Crippen LogP contribution is 2.32. The molecule has 0 atom stereocenters. The molecule has 1 heterocycles. The topological polar surface area (TPSA) is 24.9 Å². The van der Waals surface area contributed by atoms with E-state index in [0.717, 1.165) is 20.8 Å². The van der Waals surface area contributed by atoms with Crippen molar-refractivity contribution in [3.63, 3.8) is 0 Å². The van der Waals surface area contributed by atoms with E-state index >= 15 is 0 Å². The standard InChI is InChI=1S/C15H13BrN2S/c1-9-6-7-13-12(8-9)18-15(19-13)17-11-5-3-4-10(2)14(11)16/h3-8H,1-2H3,(H,17,18). The number of anilines is 2. The molecule has 96 valence electrons. The van der Waals surface area contributed by atoms with Crippen LogP contribution in [0.5, 0.6) is 0 Å². The SMILES string of the molecule is Cc1ccc2sc(Nc3cccc(C)c3Br)nc2c1. The first kappa shape index (κ1) is 12.6. The van der Waals surface area contributed by atoms with Crippen molar-refractivity contribution in [1.29, 1.82) is 0 Å². The molecule has 1 aromatic heterocycles. The normalized spacial score (nSPS) is 10.9. The number of halogens is 1. The molecule has 3 rings (SSSR count). The first-order valence-corrected chi connectivity index (χ1v) is 7.64. The largest absolute Gasteiger partial charge is 0.331 e. The van der Waals surface area contributed by atoms with Crippen LogP contribution < -0.4 is 5.32 Å². The van der Waals surface area contributed by atoms with Gasteiger partial charge in [-0.15, -0.1) is 0 Å². The summed E-state index contributed by atoms with van der Waals surface area (Å²) >= 11 is 5.28. The van der Waals surface area contributed by atoms with Crippen LogP contribution in [-0.2, 0) is 0 Å². The highest BCUT2D eigenvalue weighted by Gasteiger charge is 2.07. The first-order valence-electron chi connectivity index (χ1n) is 6.03. The molecule has 0 bridgehead atoms. The molecule has 0 saturated heterocycles. The van der Waals surface area contributed by atoms with Gasteiger partial charge in [-0.1, -0.05) is 29.5 Å². The van der Waals surface area contributed by atoms with Crippen LogP contribution in [-0.4, -0.2) is 4.98 Å². The van der Waals surface area contributed by atoms with Crippen LogP contribution in [0.25, 0.3) is 10.2 Å². The van der Waals surface area contributed by atoms with Crippen molar-refractivity contribution < 1.29 is 0 Å². The monoisotopic (exact) mass is 332 g/mol. The Kier molecular flexibility index (Phi) is 3.29. The van der Waals surface area contributed by atoms with Gasteiger partial charge in [-0.2, -0.15) is 0 Å². The highest BCUT2D eigenvalue weighted by molar-refractivity contribution is 9.10. The lowest BCUT2D eigenvalue weighted by molar-refractivity contribution is 1.38. The number of hydrogen-bond acceptors (Lipinski definition) is 3. The molecule has 0 amide bonds. The molecule has 0 aliphatic heterocycles.